The molecule has 0 aliphatic heterocycles. The number of rotatable bonds is 46. The van der Waals surface area contributed by atoms with Crippen LogP contribution >= 0.6 is 0 Å². The van der Waals surface area contributed by atoms with Crippen LogP contribution < -0.4 is 5.32 Å². The predicted molar refractivity (Wildman–Crippen MR) is 242 cm³/mol. The number of aliphatic hydroxyl groups excluding tert-OH is 4. The van der Waals surface area contributed by atoms with Crippen molar-refractivity contribution in [3.05, 3.63) is 12.2 Å². The molecule has 0 rings (SSSR count). The van der Waals surface area contributed by atoms with Gasteiger partial charge in [0.2, 0.25) is 5.91 Å². The minimum atomic E-state index is -1.28. The molecule has 0 aromatic rings. The zero-order valence-electron chi connectivity index (χ0n) is 37.7. The number of hydrogen-bond acceptors (Lipinski definition) is 5. The molecule has 0 fully saturated rings. The number of allylic oxidation sites excluding steroid dienone is 2. The summed E-state index contributed by atoms with van der Waals surface area (Å²) in [6.45, 7) is 4.07. The first-order valence-corrected chi connectivity index (χ1v) is 25.1. The number of unbranched alkanes of at least 4 members (excludes halogenated alkanes) is 35. The van der Waals surface area contributed by atoms with E-state index in [-0.39, 0.29) is 0 Å². The fourth-order valence-electron chi connectivity index (χ4n) is 7.99. The van der Waals surface area contributed by atoms with Crippen LogP contribution in [0.5, 0.6) is 0 Å². The Morgan fingerprint density at radius 1 is 0.429 bits per heavy atom. The first-order chi connectivity index (χ1) is 27.5. The summed E-state index contributed by atoms with van der Waals surface area (Å²) in [5.74, 6) is -0.588. The lowest BCUT2D eigenvalue weighted by Gasteiger charge is -2.27. The Hall–Kier alpha value is -0.950. The van der Waals surface area contributed by atoms with Gasteiger partial charge in [0.25, 0.3) is 0 Å². The Morgan fingerprint density at radius 2 is 0.732 bits per heavy atom. The van der Waals surface area contributed by atoms with E-state index in [4.69, 9.17) is 0 Å². The van der Waals surface area contributed by atoms with Crippen molar-refractivity contribution in [3.63, 3.8) is 0 Å². The summed E-state index contributed by atoms with van der Waals surface area (Å²) in [5.41, 5.74) is 0. The first-order valence-electron chi connectivity index (χ1n) is 25.1. The van der Waals surface area contributed by atoms with Crippen LogP contribution in [0.15, 0.2) is 12.2 Å². The van der Waals surface area contributed by atoms with Gasteiger partial charge < -0.3 is 25.7 Å². The lowest BCUT2D eigenvalue weighted by Crippen LogP contribution is -2.53. The van der Waals surface area contributed by atoms with Crippen LogP contribution in [0.25, 0.3) is 0 Å². The van der Waals surface area contributed by atoms with E-state index in [9.17, 15) is 25.2 Å². The average Bonchev–Trinajstić information content (AvgIpc) is 3.20. The van der Waals surface area contributed by atoms with Crippen molar-refractivity contribution in [1.82, 2.24) is 5.32 Å². The van der Waals surface area contributed by atoms with Crippen LogP contribution in [0.1, 0.15) is 271 Å². The standard InChI is InChI=1S/C50H99NO5/c1-3-5-7-9-11-13-15-17-19-21-22-23-24-25-26-28-30-32-34-36-38-40-42-44-48(54)50(56)51-46(45-52)49(55)47(53)43-41-39-37-35-33-31-29-27-20-18-16-14-12-10-8-6-4-2/h35,37,46-49,52-55H,3-34,36,38-45H2,1-2H3,(H,51,56)/b37-35+. The highest BCUT2D eigenvalue weighted by molar-refractivity contribution is 5.80. The van der Waals surface area contributed by atoms with Crippen LogP contribution in [0.2, 0.25) is 0 Å². The van der Waals surface area contributed by atoms with E-state index >= 15 is 0 Å². The summed E-state index contributed by atoms with van der Waals surface area (Å²) in [7, 11) is 0. The summed E-state index contributed by atoms with van der Waals surface area (Å²) in [4.78, 5) is 12.5. The van der Waals surface area contributed by atoms with E-state index in [1.165, 1.54) is 205 Å². The van der Waals surface area contributed by atoms with Crippen LogP contribution in [0.3, 0.4) is 0 Å². The maximum atomic E-state index is 12.5. The third-order valence-electron chi connectivity index (χ3n) is 12.0. The summed E-state index contributed by atoms with van der Waals surface area (Å²) >= 11 is 0. The third kappa shape index (κ3) is 38.6. The van der Waals surface area contributed by atoms with Gasteiger partial charge in [0.05, 0.1) is 18.8 Å². The SMILES string of the molecule is CCCCCCCCCCCCCC/C=C/CCCC(O)C(O)C(CO)NC(=O)C(O)CCCCCCCCCCCCCCCCCCCCCCCCC. The molecule has 0 aromatic heterocycles. The Bertz CT molecular complexity index is 806. The fraction of sp³-hybridized carbons (Fsp3) is 0.940. The molecule has 0 aliphatic carbocycles. The number of carbonyl (C=O) groups is 1. The van der Waals surface area contributed by atoms with Gasteiger partial charge in [-0.05, 0) is 38.5 Å². The molecule has 0 aromatic carbocycles. The molecule has 6 heteroatoms. The van der Waals surface area contributed by atoms with Crippen molar-refractivity contribution in [2.75, 3.05) is 6.61 Å². The second-order valence-electron chi connectivity index (χ2n) is 17.5. The number of amides is 1. The van der Waals surface area contributed by atoms with Gasteiger partial charge in [-0.1, -0.05) is 244 Å². The minimum Gasteiger partial charge on any atom is -0.394 e. The summed E-state index contributed by atoms with van der Waals surface area (Å²) in [6.07, 6.45) is 51.2. The van der Waals surface area contributed by atoms with E-state index in [0.717, 1.165) is 38.5 Å². The molecule has 0 heterocycles. The normalized spacial score (nSPS) is 14.0. The molecule has 56 heavy (non-hydrogen) atoms. The molecule has 0 aliphatic rings. The molecule has 0 saturated carbocycles. The summed E-state index contributed by atoms with van der Waals surface area (Å²) in [5, 5.41) is 43.8. The molecule has 0 saturated heterocycles. The predicted octanol–water partition coefficient (Wildman–Crippen LogP) is 13.7. The molecule has 0 bridgehead atoms. The highest BCUT2D eigenvalue weighted by Gasteiger charge is 2.28. The molecule has 0 radical (unpaired) electrons. The van der Waals surface area contributed by atoms with Crippen molar-refractivity contribution in [2.24, 2.45) is 0 Å². The largest absolute Gasteiger partial charge is 0.394 e. The van der Waals surface area contributed by atoms with Crippen molar-refractivity contribution >= 4 is 5.91 Å². The van der Waals surface area contributed by atoms with E-state index in [0.29, 0.717) is 12.8 Å². The van der Waals surface area contributed by atoms with Gasteiger partial charge in [-0.15, -0.1) is 0 Å². The fourth-order valence-corrected chi connectivity index (χ4v) is 7.99. The van der Waals surface area contributed by atoms with E-state index in [1.807, 2.05) is 0 Å². The second-order valence-corrected chi connectivity index (χ2v) is 17.5. The number of carbonyl (C=O) groups excluding carboxylic acids is 1. The molecule has 0 spiro atoms. The summed E-state index contributed by atoms with van der Waals surface area (Å²) in [6, 6.07) is -0.997. The third-order valence-corrected chi connectivity index (χ3v) is 12.0. The molecular formula is C50H99NO5. The van der Waals surface area contributed by atoms with Crippen molar-refractivity contribution in [1.29, 1.82) is 0 Å². The van der Waals surface area contributed by atoms with E-state index in [2.05, 4.69) is 31.3 Å². The van der Waals surface area contributed by atoms with Gasteiger partial charge in [0.15, 0.2) is 0 Å². The number of aliphatic hydroxyl groups is 4. The molecule has 1 amide bonds. The lowest BCUT2D eigenvalue weighted by atomic mass is 10.00. The monoisotopic (exact) mass is 794 g/mol. The lowest BCUT2D eigenvalue weighted by molar-refractivity contribution is -0.132. The highest BCUT2D eigenvalue weighted by Crippen LogP contribution is 2.17. The maximum Gasteiger partial charge on any atom is 0.249 e. The second kappa shape index (κ2) is 45.1. The van der Waals surface area contributed by atoms with Crippen molar-refractivity contribution in [2.45, 2.75) is 295 Å². The molecule has 6 nitrogen and oxygen atoms in total. The zero-order chi connectivity index (χ0) is 41.0. The van der Waals surface area contributed by atoms with Gasteiger partial charge in [-0.25, -0.2) is 0 Å². The first kappa shape index (κ1) is 55.0. The van der Waals surface area contributed by atoms with Gasteiger partial charge >= 0.3 is 0 Å². The van der Waals surface area contributed by atoms with Crippen LogP contribution in [0, 0.1) is 0 Å². The zero-order valence-corrected chi connectivity index (χ0v) is 37.7. The maximum absolute atomic E-state index is 12.5. The molecular weight excluding hydrogens is 695 g/mol. The number of hydrogen-bond donors (Lipinski definition) is 5. The smallest absolute Gasteiger partial charge is 0.249 e. The molecule has 4 atom stereocenters. The quantitative estimate of drug-likeness (QED) is 0.0311. The Kier molecular flexibility index (Phi) is 44.4. The average molecular weight is 794 g/mol. The van der Waals surface area contributed by atoms with Gasteiger partial charge in [-0.2, -0.15) is 0 Å². The van der Waals surface area contributed by atoms with Gasteiger partial charge in [-0.3, -0.25) is 4.79 Å². The van der Waals surface area contributed by atoms with E-state index < -0.39 is 36.9 Å². The number of nitrogens with one attached hydrogen (secondary N) is 1. The van der Waals surface area contributed by atoms with Crippen LogP contribution in [-0.4, -0.2) is 57.3 Å². The Labute approximate surface area is 349 Å². The Morgan fingerprint density at radius 3 is 1.07 bits per heavy atom. The minimum absolute atomic E-state index is 0.368. The molecule has 4 unspecified atom stereocenters. The Balaban J connectivity index is 3.67. The van der Waals surface area contributed by atoms with Crippen molar-refractivity contribution in [3.8, 4) is 0 Å². The van der Waals surface area contributed by atoms with Gasteiger partial charge in [0.1, 0.15) is 12.2 Å². The topological polar surface area (TPSA) is 110 Å². The molecule has 5 N–H and O–H groups in total. The van der Waals surface area contributed by atoms with Crippen molar-refractivity contribution < 1.29 is 25.2 Å². The molecule has 334 valence electrons. The summed E-state index contributed by atoms with van der Waals surface area (Å²) < 4.78 is 0. The highest BCUT2D eigenvalue weighted by atomic mass is 16.3. The van der Waals surface area contributed by atoms with Crippen LogP contribution in [0.4, 0.5) is 0 Å². The van der Waals surface area contributed by atoms with Gasteiger partial charge in [0, 0.05) is 0 Å². The van der Waals surface area contributed by atoms with Crippen LogP contribution in [-0.2, 0) is 4.79 Å². The van der Waals surface area contributed by atoms with E-state index in [1.54, 1.807) is 0 Å².